The fourth-order valence-electron chi connectivity index (χ4n) is 6.76. The van der Waals surface area contributed by atoms with Crippen molar-refractivity contribution in [1.82, 2.24) is 0 Å². The zero-order valence-electron chi connectivity index (χ0n) is 36.7. The Balaban J connectivity index is 1.29. The maximum absolute atomic E-state index is 7.47. The van der Waals surface area contributed by atoms with Gasteiger partial charge in [-0.3, -0.25) is 0 Å². The number of allylic oxidation sites excluding steroid dienone is 1. The first-order chi connectivity index (χ1) is 30.1. The minimum atomic E-state index is -2.40. The first-order valence-corrected chi connectivity index (χ1v) is 24.4. The third kappa shape index (κ3) is 12.1. The average Bonchev–Trinajstić information content (AvgIpc) is 3.29. The van der Waals surface area contributed by atoms with Crippen molar-refractivity contribution in [3.05, 3.63) is 227 Å². The molecule has 0 amide bonds. The van der Waals surface area contributed by atoms with Gasteiger partial charge in [0.2, 0.25) is 0 Å². The molecule has 0 radical (unpaired) electrons. The molecule has 0 saturated carbocycles. The summed E-state index contributed by atoms with van der Waals surface area (Å²) in [6.45, 7) is 13.1. The fraction of sp³-hybridized carbons (Fsp3) is 0.214. The summed E-state index contributed by atoms with van der Waals surface area (Å²) in [6.07, 6.45) is 5.53. The molecule has 0 fully saturated rings. The smallest absolute Gasteiger partial charge is 0.250 e. The molecule has 0 spiro atoms. The summed E-state index contributed by atoms with van der Waals surface area (Å²) in [7, 11) is -2.40. The topological polar surface area (TPSA) is 46.2 Å². The summed E-state index contributed by atoms with van der Waals surface area (Å²) in [5, 5.41) is -0.0590. The summed E-state index contributed by atoms with van der Waals surface area (Å²) >= 11 is 0. The zero-order chi connectivity index (χ0) is 43.2. The van der Waals surface area contributed by atoms with E-state index in [9.17, 15) is 0 Å². The fourth-order valence-corrected chi connectivity index (χ4v) is 7.83. The Morgan fingerprint density at radius 1 is 0.435 bits per heavy atom. The van der Waals surface area contributed by atoms with Crippen molar-refractivity contribution in [2.24, 2.45) is 0 Å². The molecule has 0 aliphatic carbocycles. The summed E-state index contributed by atoms with van der Waals surface area (Å²) in [4.78, 5) is 0. The predicted molar refractivity (Wildman–Crippen MR) is 256 cm³/mol. The van der Waals surface area contributed by atoms with Gasteiger partial charge in [-0.2, -0.15) is 0 Å². The van der Waals surface area contributed by atoms with E-state index in [0.717, 1.165) is 56.2 Å². The van der Waals surface area contributed by atoms with Crippen molar-refractivity contribution in [3.63, 3.8) is 0 Å². The van der Waals surface area contributed by atoms with Crippen molar-refractivity contribution in [2.45, 2.75) is 78.2 Å². The van der Waals surface area contributed by atoms with E-state index in [4.69, 9.17) is 23.4 Å². The molecule has 0 atom stereocenters. The van der Waals surface area contributed by atoms with Gasteiger partial charge < -0.3 is 23.4 Å². The molecule has 316 valence electrons. The maximum Gasteiger partial charge on any atom is 0.250 e. The van der Waals surface area contributed by atoms with Crippen LogP contribution in [-0.4, -0.2) is 8.32 Å². The molecule has 7 rings (SSSR count). The standard InChI is InChI=1S/C56H58O5Si/c1-56(2,3)62(4,5)61-55-49(33-21-32-44-34-35-51(57-39-45-24-13-7-14-25-45)54(37-44)60-42-48-30-19-10-20-31-48)52(58-40-46-26-15-8-16-27-46)38-53(59-41-47-28-17-9-18-29-47)50(55)36-43-22-11-6-12-23-43/h6-32,34-35,37-38H,33,36,39-42H2,1-5H3. The largest absolute Gasteiger partial charge is 0.543 e. The number of hydrogen-bond acceptors (Lipinski definition) is 5. The average molecular weight is 839 g/mol. The van der Waals surface area contributed by atoms with E-state index in [2.05, 4.69) is 143 Å². The highest BCUT2D eigenvalue weighted by atomic mass is 28.4. The molecule has 0 aliphatic rings. The molecule has 6 heteroatoms. The van der Waals surface area contributed by atoms with Gasteiger partial charge in [0.25, 0.3) is 8.32 Å². The van der Waals surface area contributed by atoms with Gasteiger partial charge in [-0.05, 0) is 70.1 Å². The van der Waals surface area contributed by atoms with Crippen molar-refractivity contribution in [2.75, 3.05) is 0 Å². The Hall–Kier alpha value is -6.50. The zero-order valence-corrected chi connectivity index (χ0v) is 37.7. The van der Waals surface area contributed by atoms with Gasteiger partial charge in [-0.15, -0.1) is 0 Å². The number of hydrogen-bond donors (Lipinski definition) is 0. The number of ether oxygens (including phenoxy) is 4. The van der Waals surface area contributed by atoms with Gasteiger partial charge in [0.15, 0.2) is 11.5 Å². The second-order valence-electron chi connectivity index (χ2n) is 17.1. The van der Waals surface area contributed by atoms with Gasteiger partial charge in [0.1, 0.15) is 43.7 Å². The summed E-state index contributed by atoms with van der Waals surface area (Å²) < 4.78 is 33.9. The monoisotopic (exact) mass is 838 g/mol. The van der Waals surface area contributed by atoms with Crippen LogP contribution in [0.4, 0.5) is 0 Å². The van der Waals surface area contributed by atoms with Crippen LogP contribution in [0, 0.1) is 0 Å². The molecule has 7 aromatic rings. The second kappa shape index (κ2) is 20.8. The normalized spacial score (nSPS) is 11.6. The van der Waals surface area contributed by atoms with Gasteiger partial charge in [0, 0.05) is 23.6 Å². The number of rotatable bonds is 19. The lowest BCUT2D eigenvalue weighted by atomic mass is 9.97. The molecule has 0 unspecified atom stereocenters. The third-order valence-corrected chi connectivity index (χ3v) is 15.7. The van der Waals surface area contributed by atoms with E-state index >= 15 is 0 Å². The Labute approximate surface area is 369 Å². The van der Waals surface area contributed by atoms with Crippen LogP contribution >= 0.6 is 0 Å². The van der Waals surface area contributed by atoms with Gasteiger partial charge in [0.05, 0.1) is 0 Å². The lowest BCUT2D eigenvalue weighted by Crippen LogP contribution is -2.44. The highest BCUT2D eigenvalue weighted by Crippen LogP contribution is 2.46. The molecule has 7 aromatic carbocycles. The maximum atomic E-state index is 7.47. The first kappa shape index (κ1) is 43.6. The molecule has 0 aliphatic heterocycles. The molecule has 0 heterocycles. The Bertz CT molecular complexity index is 2480. The van der Waals surface area contributed by atoms with E-state index in [1.54, 1.807) is 0 Å². The van der Waals surface area contributed by atoms with E-state index in [1.165, 1.54) is 5.56 Å². The molecule has 5 nitrogen and oxygen atoms in total. The molecule has 62 heavy (non-hydrogen) atoms. The second-order valence-corrected chi connectivity index (χ2v) is 21.8. The Morgan fingerprint density at radius 2 is 0.839 bits per heavy atom. The van der Waals surface area contributed by atoms with Crippen LogP contribution in [0.2, 0.25) is 18.1 Å². The minimum absolute atomic E-state index is 0.0590. The van der Waals surface area contributed by atoms with Crippen LogP contribution in [0.5, 0.6) is 28.7 Å². The van der Waals surface area contributed by atoms with Crippen LogP contribution in [0.25, 0.3) is 6.08 Å². The highest BCUT2D eigenvalue weighted by Gasteiger charge is 2.40. The molecular weight excluding hydrogens is 781 g/mol. The van der Waals surface area contributed by atoms with Gasteiger partial charge in [-0.25, -0.2) is 0 Å². The Kier molecular flexibility index (Phi) is 14.7. The first-order valence-electron chi connectivity index (χ1n) is 21.5. The van der Waals surface area contributed by atoms with Crippen LogP contribution < -0.4 is 23.4 Å². The molecule has 0 saturated heterocycles. The molecule has 0 bridgehead atoms. The van der Waals surface area contributed by atoms with Crippen molar-refractivity contribution >= 4 is 14.4 Å². The van der Waals surface area contributed by atoms with Crippen LogP contribution in [0.3, 0.4) is 0 Å². The summed E-state index contributed by atoms with van der Waals surface area (Å²) in [6, 6.07) is 59.8. The lowest BCUT2D eigenvalue weighted by molar-refractivity contribution is 0.256. The van der Waals surface area contributed by atoms with Gasteiger partial charge >= 0.3 is 0 Å². The van der Waals surface area contributed by atoms with Gasteiger partial charge in [-0.1, -0.05) is 191 Å². The van der Waals surface area contributed by atoms with Crippen molar-refractivity contribution in [1.29, 1.82) is 0 Å². The summed E-state index contributed by atoms with van der Waals surface area (Å²) in [5.74, 6) is 3.72. The van der Waals surface area contributed by atoms with E-state index in [0.29, 0.717) is 50.8 Å². The minimum Gasteiger partial charge on any atom is -0.543 e. The Morgan fingerprint density at radius 3 is 1.29 bits per heavy atom. The van der Waals surface area contributed by atoms with E-state index in [1.807, 2.05) is 78.9 Å². The summed E-state index contributed by atoms with van der Waals surface area (Å²) in [5.41, 5.74) is 8.52. The van der Waals surface area contributed by atoms with Crippen molar-refractivity contribution < 1.29 is 23.4 Å². The lowest BCUT2D eigenvalue weighted by Gasteiger charge is -2.38. The SMILES string of the molecule is CC(C)(C)[Si](C)(C)Oc1c(CC=Cc2ccc(OCc3ccccc3)c(OCc3ccccc3)c2)c(OCc2ccccc2)cc(OCc2ccccc2)c1Cc1ccccc1. The number of benzene rings is 7. The van der Waals surface area contributed by atoms with Crippen LogP contribution in [0.15, 0.2) is 182 Å². The quantitative estimate of drug-likeness (QED) is 0.0759. The molecular formula is C56H58O5Si. The third-order valence-electron chi connectivity index (χ3n) is 11.3. The highest BCUT2D eigenvalue weighted by molar-refractivity contribution is 6.74. The van der Waals surface area contributed by atoms with Crippen LogP contribution in [-0.2, 0) is 39.3 Å². The van der Waals surface area contributed by atoms with Crippen LogP contribution in [0.1, 0.15) is 65.3 Å². The van der Waals surface area contributed by atoms with E-state index in [-0.39, 0.29) is 5.04 Å². The van der Waals surface area contributed by atoms with Crippen molar-refractivity contribution in [3.8, 4) is 28.7 Å². The predicted octanol–water partition coefficient (Wildman–Crippen LogP) is 14.2. The molecule has 0 N–H and O–H groups in total. The molecule has 0 aromatic heterocycles. The van der Waals surface area contributed by atoms with E-state index < -0.39 is 8.32 Å².